The average Bonchev–Trinajstić information content (AvgIpc) is 3.44. The first-order valence-corrected chi connectivity index (χ1v) is 12.1. The maximum absolute atomic E-state index is 12.6. The molecule has 38 heavy (non-hydrogen) atoms. The number of carbonyl (C=O) groups is 3. The number of benzene rings is 1. The Hall–Kier alpha value is -4.10. The molecule has 1 saturated heterocycles. The number of nitrogens with one attached hydrogen (secondary N) is 2. The van der Waals surface area contributed by atoms with Crippen LogP contribution in [0.2, 0.25) is 0 Å². The van der Waals surface area contributed by atoms with E-state index in [1.807, 2.05) is 0 Å². The number of hydrogen-bond donors (Lipinski definition) is 3. The van der Waals surface area contributed by atoms with E-state index in [4.69, 9.17) is 14.2 Å². The minimum absolute atomic E-state index is 0.0182. The fourth-order valence-corrected chi connectivity index (χ4v) is 4.25. The van der Waals surface area contributed by atoms with Gasteiger partial charge in [0.1, 0.15) is 12.7 Å². The number of amides is 1. The molecule has 13 nitrogen and oxygen atoms in total. The predicted molar refractivity (Wildman–Crippen MR) is 133 cm³/mol. The Morgan fingerprint density at radius 3 is 2.63 bits per heavy atom. The van der Waals surface area contributed by atoms with Gasteiger partial charge in [-0.05, 0) is 18.6 Å². The molecule has 1 aliphatic rings. The molecule has 1 fully saturated rings. The second-order valence-corrected chi connectivity index (χ2v) is 9.16. The molecule has 0 saturated carbocycles. The normalized spacial score (nSPS) is 21.0. The monoisotopic (exact) mass is 527 g/mol. The second-order valence-electron chi connectivity index (χ2n) is 9.16. The van der Waals surface area contributed by atoms with Crippen LogP contribution < -0.4 is 10.9 Å². The van der Waals surface area contributed by atoms with Gasteiger partial charge >= 0.3 is 11.9 Å². The summed E-state index contributed by atoms with van der Waals surface area (Å²) in [5, 5.41) is 12.3. The summed E-state index contributed by atoms with van der Waals surface area (Å²) in [6.07, 6.45) is -1.20. The fraction of sp³-hybridized carbons (Fsp3) is 0.440. The van der Waals surface area contributed by atoms with Crippen LogP contribution in [0, 0.1) is 11.8 Å². The standard InChI is InChI=1S/C25H29N5O8/c1-13(2)21(33)28-25-27-20-18(22(34)29-25)26-12-30(20)23-19(37-14(3)32)16(9-10-31)17(38-23)11-36-24(35)15-7-5-4-6-8-15/h4-8,12-13,16-17,19,23,31H,9-11H2,1-3H3,(H2,27,28,29,33,34)/t16-,17-,19?,23-/m1/s1. The van der Waals surface area contributed by atoms with Crippen molar-refractivity contribution in [1.29, 1.82) is 0 Å². The number of imidazole rings is 1. The number of aromatic nitrogens is 4. The van der Waals surface area contributed by atoms with E-state index in [1.165, 1.54) is 17.8 Å². The number of anilines is 1. The number of rotatable bonds is 9. The summed E-state index contributed by atoms with van der Waals surface area (Å²) in [7, 11) is 0. The van der Waals surface area contributed by atoms with Crippen molar-refractivity contribution in [2.45, 2.75) is 45.6 Å². The molecule has 4 atom stereocenters. The Balaban J connectivity index is 1.66. The van der Waals surface area contributed by atoms with Gasteiger partial charge in [0, 0.05) is 25.4 Å². The minimum Gasteiger partial charge on any atom is -0.459 e. The van der Waals surface area contributed by atoms with Crippen LogP contribution in [-0.2, 0) is 23.8 Å². The molecule has 1 aliphatic heterocycles. The van der Waals surface area contributed by atoms with Crippen LogP contribution in [0.4, 0.5) is 5.95 Å². The summed E-state index contributed by atoms with van der Waals surface area (Å²) in [5.74, 6) is -2.49. The van der Waals surface area contributed by atoms with Crippen molar-refractivity contribution in [2.75, 3.05) is 18.5 Å². The van der Waals surface area contributed by atoms with Gasteiger partial charge < -0.3 is 19.3 Å². The lowest BCUT2D eigenvalue weighted by molar-refractivity contribution is -0.154. The number of nitrogens with zero attached hydrogens (tertiary/aromatic N) is 3. The fourth-order valence-electron chi connectivity index (χ4n) is 4.25. The lowest BCUT2D eigenvalue weighted by atomic mass is 9.94. The smallest absolute Gasteiger partial charge is 0.338 e. The van der Waals surface area contributed by atoms with E-state index in [9.17, 15) is 24.3 Å². The van der Waals surface area contributed by atoms with E-state index in [2.05, 4.69) is 20.3 Å². The average molecular weight is 528 g/mol. The van der Waals surface area contributed by atoms with Gasteiger partial charge in [0.05, 0.1) is 11.9 Å². The van der Waals surface area contributed by atoms with Gasteiger partial charge in [-0.1, -0.05) is 32.0 Å². The van der Waals surface area contributed by atoms with E-state index in [0.717, 1.165) is 0 Å². The minimum atomic E-state index is -1.01. The van der Waals surface area contributed by atoms with Crippen molar-refractivity contribution in [1.82, 2.24) is 19.5 Å². The van der Waals surface area contributed by atoms with Crippen molar-refractivity contribution < 1.29 is 33.7 Å². The highest BCUT2D eigenvalue weighted by Crippen LogP contribution is 2.39. The largest absolute Gasteiger partial charge is 0.459 e. The molecule has 3 N–H and O–H groups in total. The van der Waals surface area contributed by atoms with Gasteiger partial charge in [-0.3, -0.25) is 29.3 Å². The Labute approximate surface area is 217 Å². The van der Waals surface area contributed by atoms with Crippen LogP contribution in [0.25, 0.3) is 11.2 Å². The van der Waals surface area contributed by atoms with E-state index >= 15 is 0 Å². The summed E-state index contributed by atoms with van der Waals surface area (Å²) in [4.78, 5) is 60.3. The molecule has 3 aromatic rings. The molecule has 1 amide bonds. The third-order valence-electron chi connectivity index (χ3n) is 6.12. The molecule has 202 valence electrons. The van der Waals surface area contributed by atoms with Crippen LogP contribution >= 0.6 is 0 Å². The molecule has 4 rings (SSSR count). The van der Waals surface area contributed by atoms with Crippen molar-refractivity contribution in [3.05, 3.63) is 52.6 Å². The van der Waals surface area contributed by atoms with Crippen molar-refractivity contribution in [2.24, 2.45) is 11.8 Å². The molecule has 13 heteroatoms. The quantitative estimate of drug-likeness (QED) is 0.345. The molecule has 0 bridgehead atoms. The summed E-state index contributed by atoms with van der Waals surface area (Å²) in [6.45, 7) is 4.21. The number of hydrogen-bond acceptors (Lipinski definition) is 10. The Kier molecular flexibility index (Phi) is 8.17. The van der Waals surface area contributed by atoms with Crippen LogP contribution in [0.15, 0.2) is 41.5 Å². The predicted octanol–water partition coefficient (Wildman–Crippen LogP) is 1.40. The Morgan fingerprint density at radius 1 is 1.24 bits per heavy atom. The Bertz CT molecular complexity index is 1370. The zero-order valence-corrected chi connectivity index (χ0v) is 21.1. The number of aliphatic hydroxyl groups is 1. The van der Waals surface area contributed by atoms with Crippen molar-refractivity contribution in [3.63, 3.8) is 0 Å². The molecule has 0 aliphatic carbocycles. The number of ether oxygens (including phenoxy) is 3. The number of carbonyl (C=O) groups excluding carboxylic acids is 3. The molecular weight excluding hydrogens is 498 g/mol. The van der Waals surface area contributed by atoms with Crippen LogP contribution in [0.1, 0.15) is 43.8 Å². The third kappa shape index (κ3) is 5.73. The lowest BCUT2D eigenvalue weighted by Gasteiger charge is -2.23. The first kappa shape index (κ1) is 26.9. The molecule has 0 spiro atoms. The SMILES string of the molecule is CC(=O)OC1[C@H](n2cnc3c(=O)[nH]c(NC(=O)C(C)C)nc32)O[C@H](COC(=O)c2ccccc2)[C@H]1CCO. The van der Waals surface area contributed by atoms with Crippen LogP contribution in [0.3, 0.4) is 0 Å². The maximum Gasteiger partial charge on any atom is 0.338 e. The highest BCUT2D eigenvalue weighted by Gasteiger charge is 2.48. The zero-order valence-electron chi connectivity index (χ0n) is 21.1. The van der Waals surface area contributed by atoms with Gasteiger partial charge in [0.25, 0.3) is 5.56 Å². The topological polar surface area (TPSA) is 175 Å². The number of aliphatic hydroxyl groups excluding tert-OH is 1. The van der Waals surface area contributed by atoms with Gasteiger partial charge in [0.15, 0.2) is 23.5 Å². The third-order valence-corrected chi connectivity index (χ3v) is 6.12. The number of aromatic amines is 1. The second kappa shape index (κ2) is 11.5. The van der Waals surface area contributed by atoms with Crippen LogP contribution in [-0.4, -0.2) is 67.9 Å². The summed E-state index contributed by atoms with van der Waals surface area (Å²) in [5.41, 5.74) is -0.164. The molecule has 2 aromatic heterocycles. The highest BCUT2D eigenvalue weighted by molar-refractivity contribution is 5.91. The van der Waals surface area contributed by atoms with Gasteiger partial charge in [-0.25, -0.2) is 9.78 Å². The van der Waals surface area contributed by atoms with E-state index in [1.54, 1.807) is 44.2 Å². The number of fused-ring (bicyclic) bond motifs is 1. The number of H-pyrrole nitrogens is 1. The van der Waals surface area contributed by atoms with Crippen molar-refractivity contribution >= 4 is 35.0 Å². The Morgan fingerprint density at radius 2 is 1.97 bits per heavy atom. The summed E-state index contributed by atoms with van der Waals surface area (Å²) < 4.78 is 18.7. The lowest BCUT2D eigenvalue weighted by Crippen LogP contribution is -2.33. The van der Waals surface area contributed by atoms with E-state index < -0.39 is 41.9 Å². The van der Waals surface area contributed by atoms with Gasteiger partial charge in [-0.15, -0.1) is 0 Å². The van der Waals surface area contributed by atoms with Crippen molar-refractivity contribution in [3.8, 4) is 0 Å². The van der Waals surface area contributed by atoms with Crippen LogP contribution in [0.5, 0.6) is 0 Å². The number of esters is 2. The molecule has 0 radical (unpaired) electrons. The maximum atomic E-state index is 12.6. The summed E-state index contributed by atoms with van der Waals surface area (Å²) >= 11 is 0. The van der Waals surface area contributed by atoms with E-state index in [0.29, 0.717) is 5.56 Å². The first-order chi connectivity index (χ1) is 18.2. The van der Waals surface area contributed by atoms with Gasteiger partial charge in [-0.2, -0.15) is 4.98 Å². The van der Waals surface area contributed by atoms with E-state index in [-0.39, 0.29) is 48.6 Å². The first-order valence-electron chi connectivity index (χ1n) is 12.1. The molecule has 1 unspecified atom stereocenters. The molecular formula is C25H29N5O8. The molecule has 3 heterocycles. The summed E-state index contributed by atoms with van der Waals surface area (Å²) in [6, 6.07) is 8.42. The van der Waals surface area contributed by atoms with Gasteiger partial charge in [0.2, 0.25) is 11.9 Å². The zero-order chi connectivity index (χ0) is 27.4. The highest BCUT2D eigenvalue weighted by atomic mass is 16.6. The molecule has 1 aromatic carbocycles.